The van der Waals surface area contributed by atoms with Gasteiger partial charge in [0.25, 0.3) is 0 Å². The van der Waals surface area contributed by atoms with Crippen molar-refractivity contribution in [3.8, 4) is 0 Å². The summed E-state index contributed by atoms with van der Waals surface area (Å²) in [5.41, 5.74) is 4.19. The van der Waals surface area contributed by atoms with Gasteiger partial charge >= 0.3 is 0 Å². The Morgan fingerprint density at radius 1 is 1.23 bits per heavy atom. The van der Waals surface area contributed by atoms with Crippen LogP contribution in [0, 0.1) is 6.92 Å². The Bertz CT molecular complexity index is 1170. The van der Waals surface area contributed by atoms with Crippen LogP contribution < -0.4 is 10.2 Å². The van der Waals surface area contributed by atoms with E-state index in [-0.39, 0.29) is 5.91 Å². The third-order valence-electron chi connectivity index (χ3n) is 6.70. The normalized spacial score (nSPS) is 18.3. The molecule has 0 spiro atoms. The number of anilines is 2. The number of fused-ring (bicyclic) bond motifs is 1. The quantitative estimate of drug-likeness (QED) is 0.703. The van der Waals surface area contributed by atoms with Crippen molar-refractivity contribution in [2.75, 3.05) is 37.4 Å². The van der Waals surface area contributed by atoms with Crippen molar-refractivity contribution in [3.05, 3.63) is 65.8 Å². The van der Waals surface area contributed by atoms with Crippen molar-refractivity contribution >= 4 is 28.2 Å². The molecule has 5 nitrogen and oxygen atoms in total. The average Bonchev–Trinajstić information content (AvgIpc) is 3.51. The highest BCUT2D eigenvalue weighted by atomic mass is 16.2. The first kappa shape index (κ1) is 17.9. The molecule has 1 aliphatic heterocycles. The molecule has 1 saturated heterocycles. The van der Waals surface area contributed by atoms with E-state index in [0.29, 0.717) is 17.6 Å². The highest BCUT2D eigenvalue weighted by molar-refractivity contribution is 6.04. The van der Waals surface area contributed by atoms with E-state index >= 15 is 0 Å². The zero-order valence-electron chi connectivity index (χ0n) is 18.8. The summed E-state index contributed by atoms with van der Waals surface area (Å²) in [7, 11) is 4.23. The minimum absolute atomic E-state index is 0.0328. The maximum absolute atomic E-state index is 13.5. The molecule has 2 aromatic carbocycles. The van der Waals surface area contributed by atoms with Crippen LogP contribution in [0.2, 0.25) is 0 Å². The number of amides is 1. The van der Waals surface area contributed by atoms with E-state index in [2.05, 4.69) is 52.4 Å². The second kappa shape index (κ2) is 7.10. The molecule has 30 heavy (non-hydrogen) atoms. The van der Waals surface area contributed by atoms with Gasteiger partial charge in [0.2, 0.25) is 5.91 Å². The van der Waals surface area contributed by atoms with Crippen LogP contribution in [0.15, 0.2) is 54.7 Å². The van der Waals surface area contributed by atoms with E-state index in [1.807, 2.05) is 25.1 Å². The van der Waals surface area contributed by atoms with Crippen molar-refractivity contribution in [3.63, 3.8) is 0 Å². The Hall–Kier alpha value is -2.92. The number of rotatable bonds is 5. The molecule has 5 heteroatoms. The van der Waals surface area contributed by atoms with Gasteiger partial charge < -0.3 is 15.1 Å². The van der Waals surface area contributed by atoms with Crippen LogP contribution in [-0.2, 0) is 10.2 Å². The number of hydrogen-bond donors (Lipinski definition) is 1. The zero-order chi connectivity index (χ0) is 21.8. The number of benzene rings is 2. The lowest BCUT2D eigenvalue weighted by Crippen LogP contribution is -2.57. The highest BCUT2D eigenvalue weighted by Gasteiger charge is 2.52. The number of likely N-dealkylation sites (N-methyl/N-ethyl adjacent to an activating group) is 1. The van der Waals surface area contributed by atoms with Gasteiger partial charge in [-0.3, -0.25) is 9.78 Å². The van der Waals surface area contributed by atoms with Gasteiger partial charge in [-0.2, -0.15) is 0 Å². The van der Waals surface area contributed by atoms with Crippen LogP contribution in [-0.4, -0.2) is 49.0 Å². The molecular formula is C25H28N4O. The summed E-state index contributed by atoms with van der Waals surface area (Å²) in [6.07, 6.45) is 3.33. The molecule has 0 atom stereocenters. The fourth-order valence-electron chi connectivity index (χ4n) is 4.37. The van der Waals surface area contributed by atoms with Crippen molar-refractivity contribution in [1.82, 2.24) is 9.88 Å². The third kappa shape index (κ3) is 3.14. The molecule has 0 bridgehead atoms. The number of aromatic nitrogens is 1. The Morgan fingerprint density at radius 2 is 2.03 bits per heavy atom. The molecule has 1 N–H and O–H groups in total. The summed E-state index contributed by atoms with van der Waals surface area (Å²) in [4.78, 5) is 22.5. The first-order valence-electron chi connectivity index (χ1n) is 11.1. The van der Waals surface area contributed by atoms with Gasteiger partial charge in [0.1, 0.15) is 0 Å². The van der Waals surface area contributed by atoms with Gasteiger partial charge in [-0.15, -0.1) is 0 Å². The molecule has 1 saturated carbocycles. The van der Waals surface area contributed by atoms with Crippen molar-refractivity contribution < 1.29 is 6.17 Å². The Labute approximate surface area is 179 Å². The van der Waals surface area contributed by atoms with Gasteiger partial charge in [-0.25, -0.2) is 0 Å². The number of nitrogens with one attached hydrogen (secondary N) is 1. The first-order valence-corrected chi connectivity index (χ1v) is 10.6. The molecule has 2 aliphatic rings. The summed E-state index contributed by atoms with van der Waals surface area (Å²) in [6, 6.07) is 14.8. The van der Waals surface area contributed by atoms with Gasteiger partial charge in [0, 0.05) is 42.1 Å². The summed E-state index contributed by atoms with van der Waals surface area (Å²) < 4.78 is 8.16. The number of nitrogens with zero attached hydrogens (tertiary/aromatic N) is 3. The Kier molecular flexibility index (Phi) is 4.23. The summed E-state index contributed by atoms with van der Waals surface area (Å²) in [6.45, 7) is 4.05. The topological polar surface area (TPSA) is 48.5 Å². The maximum Gasteiger partial charge on any atom is 0.235 e. The van der Waals surface area contributed by atoms with Gasteiger partial charge in [-0.05, 0) is 69.2 Å². The lowest BCUT2D eigenvalue weighted by Gasteiger charge is -2.44. The molecule has 2 heterocycles. The smallest absolute Gasteiger partial charge is 0.235 e. The number of pyridine rings is 1. The van der Waals surface area contributed by atoms with Crippen LogP contribution in [0.25, 0.3) is 10.9 Å². The van der Waals surface area contributed by atoms with Crippen LogP contribution in [0.5, 0.6) is 0 Å². The molecule has 2 fully saturated rings. The highest BCUT2D eigenvalue weighted by Crippen LogP contribution is 2.51. The van der Waals surface area contributed by atoms with E-state index in [9.17, 15) is 4.79 Å². The maximum atomic E-state index is 13.5. The van der Waals surface area contributed by atoms with Crippen LogP contribution in [0.3, 0.4) is 0 Å². The standard InChI is InChI=1S/C25H28N4O/c1-17-9-10-18(29-15-19(16-29)28(2)3)14-23(17)27-24(30)25(11-12-25)21-7-4-8-22-20(21)6-5-13-26-22/h4-10,13-14,19H,11-12,15-16H2,1-3H3,(H,27,30)/i8D. The largest absolute Gasteiger partial charge is 0.368 e. The second-order valence-electron chi connectivity index (χ2n) is 8.85. The fourth-order valence-corrected chi connectivity index (χ4v) is 4.37. The third-order valence-corrected chi connectivity index (χ3v) is 6.70. The van der Waals surface area contributed by atoms with Gasteiger partial charge in [0.05, 0.1) is 12.3 Å². The molecule has 0 unspecified atom stereocenters. The number of carbonyl (C=O) groups is 1. The number of hydrogen-bond acceptors (Lipinski definition) is 4. The molecule has 3 aromatic rings. The van der Waals surface area contributed by atoms with E-state index in [4.69, 9.17) is 1.37 Å². The van der Waals surface area contributed by atoms with Crippen LogP contribution >= 0.6 is 0 Å². The minimum Gasteiger partial charge on any atom is -0.368 e. The Morgan fingerprint density at radius 3 is 2.77 bits per heavy atom. The molecule has 5 rings (SSSR count). The summed E-state index contributed by atoms with van der Waals surface area (Å²) >= 11 is 0. The minimum atomic E-state index is -0.537. The Balaban J connectivity index is 1.41. The molecule has 1 aromatic heterocycles. The molecular weight excluding hydrogens is 372 g/mol. The van der Waals surface area contributed by atoms with E-state index in [0.717, 1.165) is 53.8 Å². The van der Waals surface area contributed by atoms with Crippen molar-refractivity contribution in [2.45, 2.75) is 31.2 Å². The van der Waals surface area contributed by atoms with E-state index < -0.39 is 5.41 Å². The zero-order valence-corrected chi connectivity index (χ0v) is 17.8. The number of carbonyl (C=O) groups excluding carboxylic acids is 1. The SMILES string of the molecule is [2H]c1ccc(C2(C(=O)Nc3cc(N4CC(N(C)C)C4)ccc3C)CC2)c2cccnc12. The van der Waals surface area contributed by atoms with Crippen molar-refractivity contribution in [1.29, 1.82) is 0 Å². The molecule has 1 aliphatic carbocycles. The fraction of sp³-hybridized carbons (Fsp3) is 0.360. The predicted octanol–water partition coefficient (Wildman–Crippen LogP) is 3.96. The van der Waals surface area contributed by atoms with E-state index in [1.54, 1.807) is 12.3 Å². The first-order chi connectivity index (χ1) is 14.9. The molecule has 154 valence electrons. The van der Waals surface area contributed by atoms with Gasteiger partial charge in [-0.1, -0.05) is 24.3 Å². The monoisotopic (exact) mass is 401 g/mol. The lowest BCUT2D eigenvalue weighted by molar-refractivity contribution is -0.118. The number of aryl methyl sites for hydroxylation is 1. The average molecular weight is 402 g/mol. The van der Waals surface area contributed by atoms with E-state index in [1.165, 1.54) is 0 Å². The second-order valence-corrected chi connectivity index (χ2v) is 8.85. The predicted molar refractivity (Wildman–Crippen MR) is 122 cm³/mol. The van der Waals surface area contributed by atoms with Crippen LogP contribution in [0.4, 0.5) is 11.4 Å². The summed E-state index contributed by atoms with van der Waals surface area (Å²) in [5.74, 6) is 0.0328. The molecule has 0 radical (unpaired) electrons. The van der Waals surface area contributed by atoms with Crippen LogP contribution in [0.1, 0.15) is 25.3 Å². The summed E-state index contributed by atoms with van der Waals surface area (Å²) in [5, 5.41) is 4.13. The van der Waals surface area contributed by atoms with Crippen molar-refractivity contribution in [2.24, 2.45) is 0 Å². The van der Waals surface area contributed by atoms with Gasteiger partial charge in [0.15, 0.2) is 0 Å². The molecule has 1 amide bonds. The lowest BCUT2D eigenvalue weighted by atomic mass is 9.91.